The fourth-order valence-corrected chi connectivity index (χ4v) is 3.35. The van der Waals surface area contributed by atoms with Gasteiger partial charge >= 0.3 is 0 Å². The van der Waals surface area contributed by atoms with Gasteiger partial charge in [0.25, 0.3) is 11.6 Å². The highest BCUT2D eigenvalue weighted by Crippen LogP contribution is 2.39. The standard InChI is InChI=1S/C19H16FN5O2.ClH/c1-10-15-13(16-23-18(25-26-16)19(21)7-2-8-19)9-14(22-17(15)27-24-10)11-3-5-12(20)6-4-11;/h3-6,9H,2,7-8,21H2,1H3;1H. The predicted octanol–water partition coefficient (Wildman–Crippen LogP) is 4.15. The number of aromatic nitrogens is 4. The SMILES string of the molecule is Cc1noc2nc(-c3ccc(F)cc3)cc(-c3nc(C4(N)CCC4)no3)c12.Cl. The maximum absolute atomic E-state index is 13.3. The number of nitrogens with zero attached hydrogens (tertiary/aromatic N) is 4. The van der Waals surface area contributed by atoms with Gasteiger partial charge in [0.1, 0.15) is 5.82 Å². The summed E-state index contributed by atoms with van der Waals surface area (Å²) in [5.74, 6) is 0.529. The molecule has 0 spiro atoms. The van der Waals surface area contributed by atoms with Crippen LogP contribution in [0.2, 0.25) is 0 Å². The van der Waals surface area contributed by atoms with Crippen LogP contribution in [0.1, 0.15) is 30.8 Å². The fraction of sp³-hybridized carbons (Fsp3) is 0.263. The van der Waals surface area contributed by atoms with Crippen molar-refractivity contribution in [3.8, 4) is 22.7 Å². The molecule has 144 valence electrons. The van der Waals surface area contributed by atoms with E-state index in [2.05, 4.69) is 20.3 Å². The lowest BCUT2D eigenvalue weighted by Crippen LogP contribution is -2.44. The first kappa shape index (κ1) is 18.5. The molecular formula is C19H17ClFN5O2. The van der Waals surface area contributed by atoms with Crippen LogP contribution in [0.25, 0.3) is 33.8 Å². The summed E-state index contributed by atoms with van der Waals surface area (Å²) in [5, 5.41) is 8.80. The van der Waals surface area contributed by atoms with E-state index in [0.29, 0.717) is 39.8 Å². The average molecular weight is 402 g/mol. The van der Waals surface area contributed by atoms with Gasteiger partial charge in [-0.1, -0.05) is 10.3 Å². The Morgan fingerprint density at radius 3 is 2.50 bits per heavy atom. The molecule has 1 aliphatic rings. The van der Waals surface area contributed by atoms with E-state index in [1.807, 2.05) is 13.0 Å². The zero-order valence-corrected chi connectivity index (χ0v) is 15.8. The number of hydrogen-bond acceptors (Lipinski definition) is 7. The number of halogens is 2. The molecule has 2 N–H and O–H groups in total. The lowest BCUT2D eigenvalue weighted by molar-refractivity contribution is 0.229. The van der Waals surface area contributed by atoms with Crippen molar-refractivity contribution < 1.29 is 13.4 Å². The van der Waals surface area contributed by atoms with Crippen LogP contribution >= 0.6 is 12.4 Å². The van der Waals surface area contributed by atoms with E-state index in [0.717, 1.165) is 24.8 Å². The van der Waals surface area contributed by atoms with E-state index in [9.17, 15) is 4.39 Å². The number of nitrogens with two attached hydrogens (primary N) is 1. The molecule has 0 amide bonds. The van der Waals surface area contributed by atoms with Crippen molar-refractivity contribution in [1.82, 2.24) is 20.3 Å². The Labute approximate surface area is 165 Å². The third-order valence-electron chi connectivity index (χ3n) is 5.10. The molecule has 0 aliphatic heterocycles. The zero-order chi connectivity index (χ0) is 18.6. The van der Waals surface area contributed by atoms with Crippen molar-refractivity contribution in [2.45, 2.75) is 31.7 Å². The molecule has 4 aromatic rings. The van der Waals surface area contributed by atoms with Crippen LogP contribution in [0.15, 0.2) is 39.4 Å². The topological polar surface area (TPSA) is 104 Å². The van der Waals surface area contributed by atoms with E-state index in [1.54, 1.807) is 12.1 Å². The Morgan fingerprint density at radius 1 is 1.07 bits per heavy atom. The Hall–Kier alpha value is -2.84. The van der Waals surface area contributed by atoms with Crippen molar-refractivity contribution in [2.75, 3.05) is 0 Å². The van der Waals surface area contributed by atoms with Crippen molar-refractivity contribution in [3.63, 3.8) is 0 Å². The lowest BCUT2D eigenvalue weighted by Gasteiger charge is -2.34. The molecule has 0 bridgehead atoms. The van der Waals surface area contributed by atoms with Gasteiger partial charge in [-0.25, -0.2) is 9.37 Å². The smallest absolute Gasteiger partial charge is 0.259 e. The normalized spacial score (nSPS) is 15.2. The Kier molecular flexibility index (Phi) is 4.40. The third-order valence-corrected chi connectivity index (χ3v) is 5.10. The van der Waals surface area contributed by atoms with Crippen LogP contribution in [0.4, 0.5) is 4.39 Å². The largest absolute Gasteiger partial charge is 0.335 e. The average Bonchev–Trinajstić information content (AvgIpc) is 3.27. The van der Waals surface area contributed by atoms with Gasteiger partial charge in [0.15, 0.2) is 5.82 Å². The number of pyridine rings is 1. The minimum Gasteiger partial charge on any atom is -0.335 e. The molecule has 1 fully saturated rings. The van der Waals surface area contributed by atoms with Crippen molar-refractivity contribution in [1.29, 1.82) is 0 Å². The van der Waals surface area contributed by atoms with Gasteiger partial charge in [-0.3, -0.25) is 0 Å². The van der Waals surface area contributed by atoms with Crippen LogP contribution < -0.4 is 5.73 Å². The number of rotatable bonds is 3. The number of fused-ring (bicyclic) bond motifs is 1. The van der Waals surface area contributed by atoms with E-state index in [-0.39, 0.29) is 18.2 Å². The van der Waals surface area contributed by atoms with Gasteiger partial charge in [0.2, 0.25) is 0 Å². The maximum atomic E-state index is 13.3. The first-order valence-electron chi connectivity index (χ1n) is 8.70. The summed E-state index contributed by atoms with van der Waals surface area (Å²) in [6.45, 7) is 1.82. The van der Waals surface area contributed by atoms with Crippen LogP contribution in [-0.4, -0.2) is 20.3 Å². The quantitative estimate of drug-likeness (QED) is 0.549. The van der Waals surface area contributed by atoms with Gasteiger partial charge in [0.05, 0.1) is 27.9 Å². The number of aryl methyl sites for hydroxylation is 1. The summed E-state index contributed by atoms with van der Waals surface area (Å²) in [6, 6.07) is 7.89. The Balaban J connectivity index is 0.00000192. The molecule has 0 unspecified atom stereocenters. The molecule has 1 aromatic carbocycles. The van der Waals surface area contributed by atoms with E-state index in [1.165, 1.54) is 12.1 Å². The zero-order valence-electron chi connectivity index (χ0n) is 15.0. The number of benzene rings is 1. The summed E-state index contributed by atoms with van der Waals surface area (Å²) in [7, 11) is 0. The third kappa shape index (κ3) is 2.85. The molecule has 3 aromatic heterocycles. The van der Waals surface area contributed by atoms with Crippen molar-refractivity contribution in [3.05, 3.63) is 47.7 Å². The molecule has 28 heavy (non-hydrogen) atoms. The van der Waals surface area contributed by atoms with E-state index in [4.69, 9.17) is 14.8 Å². The van der Waals surface area contributed by atoms with Crippen LogP contribution in [-0.2, 0) is 5.54 Å². The van der Waals surface area contributed by atoms with Crippen molar-refractivity contribution in [2.24, 2.45) is 5.73 Å². The molecule has 0 radical (unpaired) electrons. The summed E-state index contributed by atoms with van der Waals surface area (Å²) in [6.07, 6.45) is 2.73. The second-order valence-corrected chi connectivity index (χ2v) is 6.94. The monoisotopic (exact) mass is 401 g/mol. The maximum Gasteiger partial charge on any atom is 0.259 e. The second-order valence-electron chi connectivity index (χ2n) is 6.94. The molecule has 3 heterocycles. The van der Waals surface area contributed by atoms with Gasteiger partial charge in [0, 0.05) is 5.56 Å². The van der Waals surface area contributed by atoms with E-state index < -0.39 is 5.54 Å². The molecule has 0 atom stereocenters. The van der Waals surface area contributed by atoms with Gasteiger partial charge in [-0.2, -0.15) is 4.98 Å². The molecule has 9 heteroatoms. The van der Waals surface area contributed by atoms with Crippen LogP contribution in [0, 0.1) is 12.7 Å². The first-order chi connectivity index (χ1) is 13.0. The highest BCUT2D eigenvalue weighted by molar-refractivity contribution is 5.93. The number of hydrogen-bond donors (Lipinski definition) is 1. The van der Waals surface area contributed by atoms with Crippen LogP contribution in [0.3, 0.4) is 0 Å². The highest BCUT2D eigenvalue weighted by Gasteiger charge is 2.39. The Bertz CT molecular complexity index is 1150. The lowest BCUT2D eigenvalue weighted by atomic mass is 9.77. The van der Waals surface area contributed by atoms with Gasteiger partial charge < -0.3 is 14.8 Å². The predicted molar refractivity (Wildman–Crippen MR) is 102 cm³/mol. The summed E-state index contributed by atoms with van der Waals surface area (Å²) in [4.78, 5) is 9.03. The minimum absolute atomic E-state index is 0. The molecular weight excluding hydrogens is 385 g/mol. The molecule has 7 nitrogen and oxygen atoms in total. The molecule has 1 saturated carbocycles. The molecule has 5 rings (SSSR count). The van der Waals surface area contributed by atoms with Crippen molar-refractivity contribution >= 4 is 23.5 Å². The van der Waals surface area contributed by atoms with Gasteiger partial charge in [-0.15, -0.1) is 12.4 Å². The molecule has 0 saturated heterocycles. The minimum atomic E-state index is -0.516. The van der Waals surface area contributed by atoms with E-state index >= 15 is 0 Å². The summed E-state index contributed by atoms with van der Waals surface area (Å²) in [5.41, 5.74) is 8.82. The fourth-order valence-electron chi connectivity index (χ4n) is 3.35. The summed E-state index contributed by atoms with van der Waals surface area (Å²) >= 11 is 0. The van der Waals surface area contributed by atoms with Crippen LogP contribution in [0.5, 0.6) is 0 Å². The molecule has 1 aliphatic carbocycles. The first-order valence-corrected chi connectivity index (χ1v) is 8.70. The highest BCUT2D eigenvalue weighted by atomic mass is 35.5. The summed E-state index contributed by atoms with van der Waals surface area (Å²) < 4.78 is 24.1. The van der Waals surface area contributed by atoms with Gasteiger partial charge in [-0.05, 0) is 56.5 Å². The second kappa shape index (κ2) is 6.65. The Morgan fingerprint density at radius 2 is 1.82 bits per heavy atom.